The van der Waals surface area contributed by atoms with Crippen LogP contribution >= 0.6 is 0 Å². The molecule has 0 aromatic carbocycles. The van der Waals surface area contributed by atoms with Crippen LogP contribution < -0.4 is 11.0 Å². The monoisotopic (exact) mass is 318 g/mol. The zero-order chi connectivity index (χ0) is 17.1. The molecule has 2 N–H and O–H groups in total. The molecule has 0 saturated heterocycles. The van der Waals surface area contributed by atoms with Gasteiger partial charge in [0.1, 0.15) is 0 Å². The van der Waals surface area contributed by atoms with Crippen molar-refractivity contribution in [2.75, 3.05) is 5.43 Å². The Kier molecular flexibility index (Phi) is 4.88. The highest BCUT2D eigenvalue weighted by Gasteiger charge is 2.20. The molecule has 7 nitrogen and oxygen atoms in total. The van der Waals surface area contributed by atoms with Gasteiger partial charge < -0.3 is 10.5 Å². The van der Waals surface area contributed by atoms with Gasteiger partial charge >= 0.3 is 5.97 Å². The highest BCUT2D eigenvalue weighted by atomic mass is 16.4. The summed E-state index contributed by atoms with van der Waals surface area (Å²) in [5.41, 5.74) is 5.57. The number of rotatable bonds is 6. The van der Waals surface area contributed by atoms with Crippen molar-refractivity contribution in [3.63, 3.8) is 0 Å². The van der Waals surface area contributed by atoms with E-state index in [-0.39, 0.29) is 5.56 Å². The van der Waals surface area contributed by atoms with Crippen LogP contribution in [0.3, 0.4) is 0 Å². The highest BCUT2D eigenvalue weighted by molar-refractivity contribution is 5.75. The molecule has 0 bridgehead atoms. The third-order valence-electron chi connectivity index (χ3n) is 3.96. The first-order chi connectivity index (χ1) is 10.8. The molecular formula is C16H22N4O3. The SMILES string of the molecule is CCn1cc(CNn2ccc(C)c(C(C)C(=O)O)c2=O)c(C)n1. The number of carboxylic acid groups (broad SMARTS) is 1. The smallest absolute Gasteiger partial charge is 0.310 e. The molecule has 0 aliphatic heterocycles. The summed E-state index contributed by atoms with van der Waals surface area (Å²) in [6.45, 7) is 8.41. The quantitative estimate of drug-likeness (QED) is 0.845. The molecule has 0 aliphatic rings. The standard InChI is InChI=1S/C16H22N4O3/c1-5-19-9-13(12(4)18-19)8-17-20-7-6-10(2)14(15(20)21)11(3)16(22)23/h6-7,9,11,17H,5,8H2,1-4H3,(H,22,23). The van der Waals surface area contributed by atoms with Crippen LogP contribution in [0.5, 0.6) is 0 Å². The van der Waals surface area contributed by atoms with Crippen molar-refractivity contribution < 1.29 is 9.90 Å². The number of nitrogens with zero attached hydrogens (tertiary/aromatic N) is 3. The predicted molar refractivity (Wildman–Crippen MR) is 87.2 cm³/mol. The number of aromatic nitrogens is 3. The molecule has 23 heavy (non-hydrogen) atoms. The van der Waals surface area contributed by atoms with Gasteiger partial charge in [0.05, 0.1) is 18.2 Å². The summed E-state index contributed by atoms with van der Waals surface area (Å²) in [6, 6.07) is 1.74. The summed E-state index contributed by atoms with van der Waals surface area (Å²) in [5, 5.41) is 13.5. The normalized spacial score (nSPS) is 12.2. The van der Waals surface area contributed by atoms with Crippen LogP contribution in [-0.2, 0) is 17.9 Å². The van der Waals surface area contributed by atoms with Crippen LogP contribution in [0.4, 0.5) is 0 Å². The predicted octanol–water partition coefficient (Wildman–Crippen LogP) is 1.61. The van der Waals surface area contributed by atoms with Crippen molar-refractivity contribution in [3.05, 3.63) is 51.2 Å². The fraction of sp³-hybridized carbons (Fsp3) is 0.438. The van der Waals surface area contributed by atoms with Crippen LogP contribution in [0.25, 0.3) is 0 Å². The molecule has 2 heterocycles. The average Bonchev–Trinajstić information content (AvgIpc) is 2.86. The van der Waals surface area contributed by atoms with Crippen molar-refractivity contribution in [2.45, 2.75) is 46.7 Å². The van der Waals surface area contributed by atoms with E-state index in [0.717, 1.165) is 17.8 Å². The fourth-order valence-corrected chi connectivity index (χ4v) is 2.48. The van der Waals surface area contributed by atoms with E-state index in [2.05, 4.69) is 10.5 Å². The number of pyridine rings is 1. The molecule has 1 unspecified atom stereocenters. The molecule has 0 radical (unpaired) electrons. The Balaban J connectivity index is 2.27. The first-order valence-electron chi connectivity index (χ1n) is 7.56. The van der Waals surface area contributed by atoms with E-state index in [9.17, 15) is 9.59 Å². The Morgan fingerprint density at radius 2 is 2.13 bits per heavy atom. The molecule has 0 fully saturated rings. The fourth-order valence-electron chi connectivity index (χ4n) is 2.48. The number of aliphatic carboxylic acids is 1. The number of carboxylic acids is 1. The molecule has 1 atom stereocenters. The second-order valence-corrected chi connectivity index (χ2v) is 5.58. The van der Waals surface area contributed by atoms with Crippen molar-refractivity contribution in [1.29, 1.82) is 0 Å². The van der Waals surface area contributed by atoms with Crippen LogP contribution in [0.2, 0.25) is 0 Å². The van der Waals surface area contributed by atoms with Crippen LogP contribution in [-0.4, -0.2) is 25.5 Å². The minimum absolute atomic E-state index is 0.300. The Bertz CT molecular complexity index is 776. The van der Waals surface area contributed by atoms with E-state index in [0.29, 0.717) is 17.7 Å². The van der Waals surface area contributed by atoms with Gasteiger partial charge in [-0.05, 0) is 39.3 Å². The molecule has 7 heteroatoms. The summed E-state index contributed by atoms with van der Waals surface area (Å²) in [4.78, 5) is 23.7. The Labute approximate surface area is 134 Å². The maximum atomic E-state index is 12.5. The summed E-state index contributed by atoms with van der Waals surface area (Å²) < 4.78 is 3.17. The second-order valence-electron chi connectivity index (χ2n) is 5.58. The molecular weight excluding hydrogens is 296 g/mol. The van der Waals surface area contributed by atoms with Gasteiger partial charge in [-0.1, -0.05) is 0 Å². The molecule has 0 spiro atoms. The number of hydrogen-bond donors (Lipinski definition) is 2. The molecule has 2 rings (SSSR count). The van der Waals surface area contributed by atoms with Crippen molar-refractivity contribution in [3.8, 4) is 0 Å². The maximum Gasteiger partial charge on any atom is 0.310 e. The number of nitrogens with one attached hydrogen (secondary N) is 1. The lowest BCUT2D eigenvalue weighted by atomic mass is 9.99. The van der Waals surface area contributed by atoms with Crippen molar-refractivity contribution >= 4 is 5.97 Å². The first kappa shape index (κ1) is 16.8. The third-order valence-corrected chi connectivity index (χ3v) is 3.96. The van der Waals surface area contributed by atoms with Gasteiger partial charge in [0.25, 0.3) is 5.56 Å². The lowest BCUT2D eigenvalue weighted by Crippen LogP contribution is -2.33. The van der Waals surface area contributed by atoms with Gasteiger partial charge in [0.15, 0.2) is 0 Å². The van der Waals surface area contributed by atoms with Gasteiger partial charge in [-0.2, -0.15) is 5.10 Å². The number of aryl methyl sites for hydroxylation is 3. The van der Waals surface area contributed by atoms with E-state index in [1.807, 2.05) is 24.7 Å². The van der Waals surface area contributed by atoms with Crippen molar-refractivity contribution in [1.82, 2.24) is 14.5 Å². The van der Waals surface area contributed by atoms with Gasteiger partial charge in [0, 0.05) is 30.1 Å². The number of hydrogen-bond acceptors (Lipinski definition) is 4. The Morgan fingerprint density at radius 1 is 1.43 bits per heavy atom. The summed E-state index contributed by atoms with van der Waals surface area (Å²) in [6.07, 6.45) is 3.55. The zero-order valence-electron chi connectivity index (χ0n) is 13.8. The van der Waals surface area contributed by atoms with E-state index >= 15 is 0 Å². The van der Waals surface area contributed by atoms with E-state index in [1.165, 1.54) is 11.6 Å². The highest BCUT2D eigenvalue weighted by Crippen LogP contribution is 2.15. The Morgan fingerprint density at radius 3 is 2.70 bits per heavy atom. The summed E-state index contributed by atoms with van der Waals surface area (Å²) >= 11 is 0. The van der Waals surface area contributed by atoms with Gasteiger partial charge in [-0.25, -0.2) is 4.68 Å². The maximum absolute atomic E-state index is 12.5. The molecule has 2 aromatic rings. The molecule has 0 amide bonds. The van der Waals surface area contributed by atoms with E-state index < -0.39 is 11.9 Å². The Hall–Kier alpha value is -2.57. The molecule has 2 aromatic heterocycles. The third kappa shape index (κ3) is 3.44. The van der Waals surface area contributed by atoms with Gasteiger partial charge in [-0.15, -0.1) is 0 Å². The largest absolute Gasteiger partial charge is 0.481 e. The molecule has 0 saturated carbocycles. The van der Waals surface area contributed by atoms with Crippen LogP contribution in [0.15, 0.2) is 23.3 Å². The summed E-state index contributed by atoms with van der Waals surface area (Å²) in [5.74, 6) is -1.86. The lowest BCUT2D eigenvalue weighted by Gasteiger charge is -2.14. The molecule has 124 valence electrons. The van der Waals surface area contributed by atoms with E-state index in [4.69, 9.17) is 5.11 Å². The zero-order valence-corrected chi connectivity index (χ0v) is 13.8. The van der Waals surface area contributed by atoms with Gasteiger partial charge in [0.2, 0.25) is 0 Å². The number of carbonyl (C=O) groups is 1. The molecule has 0 aliphatic carbocycles. The topological polar surface area (TPSA) is 89.1 Å². The lowest BCUT2D eigenvalue weighted by molar-refractivity contribution is -0.138. The summed E-state index contributed by atoms with van der Waals surface area (Å²) in [7, 11) is 0. The average molecular weight is 318 g/mol. The van der Waals surface area contributed by atoms with E-state index in [1.54, 1.807) is 19.2 Å². The van der Waals surface area contributed by atoms with Crippen molar-refractivity contribution in [2.24, 2.45) is 0 Å². The minimum atomic E-state index is -1.01. The van der Waals surface area contributed by atoms with Gasteiger partial charge in [-0.3, -0.25) is 14.3 Å². The van der Waals surface area contributed by atoms with Crippen LogP contribution in [0, 0.1) is 13.8 Å². The minimum Gasteiger partial charge on any atom is -0.481 e. The van der Waals surface area contributed by atoms with Crippen LogP contribution in [0.1, 0.15) is 42.1 Å². The second kappa shape index (κ2) is 6.68. The first-order valence-corrected chi connectivity index (χ1v) is 7.56.